The number of fused-ring (bicyclic) bond motifs is 1. The van der Waals surface area contributed by atoms with Crippen LogP contribution in [0.3, 0.4) is 0 Å². The monoisotopic (exact) mass is 324 g/mol. The Balaban J connectivity index is 1.43. The number of carbonyl (C=O) groups is 1. The fraction of sp³-hybridized carbons (Fsp3) is 0.333. The summed E-state index contributed by atoms with van der Waals surface area (Å²) in [5.41, 5.74) is 1.17. The number of para-hydroxylation sites is 1. The molecule has 1 amide bonds. The Kier molecular flexibility index (Phi) is 3.73. The minimum absolute atomic E-state index is 0.165. The van der Waals surface area contributed by atoms with Crippen LogP contribution in [0.5, 0.6) is 0 Å². The number of benzene rings is 1. The molecule has 3 aromatic rings. The van der Waals surface area contributed by atoms with Gasteiger partial charge in [-0.25, -0.2) is 0 Å². The first-order valence-corrected chi connectivity index (χ1v) is 7.84. The van der Waals surface area contributed by atoms with Crippen molar-refractivity contribution in [1.82, 2.24) is 40.3 Å². The van der Waals surface area contributed by atoms with E-state index in [1.54, 1.807) is 12.1 Å². The Morgan fingerprint density at radius 3 is 3.04 bits per heavy atom. The lowest BCUT2D eigenvalue weighted by Crippen LogP contribution is -2.27. The minimum atomic E-state index is -0.165. The molecule has 0 spiro atoms. The van der Waals surface area contributed by atoms with Crippen molar-refractivity contribution in [3.8, 4) is 5.69 Å². The highest BCUT2D eigenvalue weighted by atomic mass is 16.1. The van der Waals surface area contributed by atoms with Gasteiger partial charge >= 0.3 is 0 Å². The van der Waals surface area contributed by atoms with E-state index in [1.807, 2.05) is 12.1 Å². The number of hydrogen-bond acceptors (Lipinski definition) is 6. The molecule has 0 unspecified atom stereocenters. The van der Waals surface area contributed by atoms with Crippen molar-refractivity contribution >= 4 is 5.91 Å². The summed E-state index contributed by atoms with van der Waals surface area (Å²) in [7, 11) is 0. The molecule has 0 saturated heterocycles. The van der Waals surface area contributed by atoms with Gasteiger partial charge in [-0.2, -0.15) is 4.68 Å². The Labute approximate surface area is 137 Å². The number of aromatic nitrogens is 7. The molecule has 1 aliphatic rings. The molecule has 4 rings (SSSR count). The van der Waals surface area contributed by atoms with Gasteiger partial charge in [0.05, 0.1) is 11.3 Å². The summed E-state index contributed by atoms with van der Waals surface area (Å²) in [5.74, 6) is 1.80. The van der Waals surface area contributed by atoms with Crippen molar-refractivity contribution in [1.29, 1.82) is 0 Å². The second kappa shape index (κ2) is 6.19. The van der Waals surface area contributed by atoms with Crippen LogP contribution in [0.2, 0.25) is 0 Å². The van der Waals surface area contributed by atoms with Gasteiger partial charge in [0, 0.05) is 25.9 Å². The number of nitrogens with one attached hydrogen (secondary N) is 1. The molecule has 1 N–H and O–H groups in total. The smallest absolute Gasteiger partial charge is 0.253 e. The van der Waals surface area contributed by atoms with E-state index in [-0.39, 0.29) is 5.91 Å². The van der Waals surface area contributed by atoms with Crippen LogP contribution in [-0.2, 0) is 19.4 Å². The van der Waals surface area contributed by atoms with Gasteiger partial charge in [-0.3, -0.25) is 4.79 Å². The maximum Gasteiger partial charge on any atom is 0.253 e. The Bertz CT molecular complexity index is 854. The number of tetrazole rings is 1. The van der Waals surface area contributed by atoms with E-state index in [0.29, 0.717) is 24.2 Å². The highest BCUT2D eigenvalue weighted by molar-refractivity contribution is 5.97. The van der Waals surface area contributed by atoms with Crippen LogP contribution in [0.15, 0.2) is 30.6 Å². The number of aryl methyl sites for hydroxylation is 1. The molecular formula is C15H16N8O. The molecule has 0 saturated carbocycles. The van der Waals surface area contributed by atoms with Crippen LogP contribution in [-0.4, -0.2) is 47.4 Å². The number of rotatable bonds is 5. The minimum Gasteiger partial charge on any atom is -0.352 e. The molecule has 24 heavy (non-hydrogen) atoms. The Hall–Kier alpha value is -3.10. The first kappa shape index (κ1) is 14.5. The molecule has 1 aliphatic heterocycles. The van der Waals surface area contributed by atoms with Crippen molar-refractivity contribution in [3.05, 3.63) is 47.8 Å². The average molecular weight is 324 g/mol. The number of hydrogen-bond donors (Lipinski definition) is 1. The number of nitrogens with zero attached hydrogens (tertiary/aromatic N) is 7. The third-order valence-corrected chi connectivity index (χ3v) is 4.06. The predicted molar refractivity (Wildman–Crippen MR) is 83.5 cm³/mol. The second-order valence-corrected chi connectivity index (χ2v) is 5.57. The summed E-state index contributed by atoms with van der Waals surface area (Å²) in [6.45, 7) is 1.47. The zero-order chi connectivity index (χ0) is 16.4. The normalized spacial score (nSPS) is 13.0. The summed E-state index contributed by atoms with van der Waals surface area (Å²) in [4.78, 5) is 12.5. The molecule has 122 valence electrons. The first-order chi connectivity index (χ1) is 11.8. The SMILES string of the molecule is O=C(NCCc1nnc2n1CCC2)c1ccccc1-n1cnnn1. The van der Waals surface area contributed by atoms with E-state index in [4.69, 9.17) is 0 Å². The molecule has 0 aliphatic carbocycles. The molecule has 9 heteroatoms. The van der Waals surface area contributed by atoms with Crippen molar-refractivity contribution in [3.63, 3.8) is 0 Å². The second-order valence-electron chi connectivity index (χ2n) is 5.57. The van der Waals surface area contributed by atoms with Gasteiger partial charge in [0.15, 0.2) is 0 Å². The zero-order valence-corrected chi connectivity index (χ0v) is 13.0. The number of carbonyl (C=O) groups excluding carboxylic acids is 1. The number of amides is 1. The van der Waals surface area contributed by atoms with Crippen LogP contribution >= 0.6 is 0 Å². The zero-order valence-electron chi connectivity index (χ0n) is 13.0. The lowest BCUT2D eigenvalue weighted by atomic mass is 10.1. The maximum absolute atomic E-state index is 12.5. The maximum atomic E-state index is 12.5. The molecule has 0 atom stereocenters. The standard InChI is InChI=1S/C15H16N8O/c24-15(11-4-1-2-5-12(11)23-10-17-20-21-23)16-8-7-14-19-18-13-6-3-9-22(13)14/h1-2,4-5,10H,3,6-9H2,(H,16,24). The van der Waals surface area contributed by atoms with Gasteiger partial charge in [0.1, 0.15) is 18.0 Å². The summed E-state index contributed by atoms with van der Waals surface area (Å²) in [6.07, 6.45) is 4.22. The van der Waals surface area contributed by atoms with Crippen LogP contribution < -0.4 is 5.32 Å². The van der Waals surface area contributed by atoms with Crippen molar-refractivity contribution < 1.29 is 4.79 Å². The molecule has 9 nitrogen and oxygen atoms in total. The first-order valence-electron chi connectivity index (χ1n) is 7.84. The highest BCUT2D eigenvalue weighted by Crippen LogP contribution is 2.15. The molecule has 0 fully saturated rings. The molecular weight excluding hydrogens is 308 g/mol. The summed E-state index contributed by atoms with van der Waals surface area (Å²) < 4.78 is 3.61. The Morgan fingerprint density at radius 2 is 2.17 bits per heavy atom. The van der Waals surface area contributed by atoms with Crippen LogP contribution in [0.25, 0.3) is 5.69 Å². The van der Waals surface area contributed by atoms with Crippen LogP contribution in [0.1, 0.15) is 28.4 Å². The van der Waals surface area contributed by atoms with Crippen molar-refractivity contribution in [2.45, 2.75) is 25.8 Å². The fourth-order valence-corrected chi connectivity index (χ4v) is 2.92. The van der Waals surface area contributed by atoms with E-state index < -0.39 is 0 Å². The Morgan fingerprint density at radius 1 is 1.25 bits per heavy atom. The van der Waals surface area contributed by atoms with E-state index in [0.717, 1.165) is 31.0 Å². The van der Waals surface area contributed by atoms with Gasteiger partial charge in [-0.05, 0) is 29.0 Å². The molecule has 2 aromatic heterocycles. The van der Waals surface area contributed by atoms with Gasteiger partial charge < -0.3 is 9.88 Å². The van der Waals surface area contributed by atoms with Gasteiger partial charge in [0.2, 0.25) is 0 Å². The molecule has 1 aromatic carbocycles. The molecule has 0 radical (unpaired) electrons. The predicted octanol–water partition coefficient (Wildman–Crippen LogP) is 0.172. The lowest BCUT2D eigenvalue weighted by Gasteiger charge is -2.09. The van der Waals surface area contributed by atoms with Gasteiger partial charge in [-0.15, -0.1) is 15.3 Å². The van der Waals surface area contributed by atoms with Gasteiger partial charge in [-0.1, -0.05) is 12.1 Å². The summed E-state index contributed by atoms with van der Waals surface area (Å²) >= 11 is 0. The topological polar surface area (TPSA) is 103 Å². The van der Waals surface area contributed by atoms with E-state index in [9.17, 15) is 4.79 Å². The van der Waals surface area contributed by atoms with Crippen molar-refractivity contribution in [2.24, 2.45) is 0 Å². The quantitative estimate of drug-likeness (QED) is 0.718. The van der Waals surface area contributed by atoms with Gasteiger partial charge in [0.25, 0.3) is 5.91 Å². The summed E-state index contributed by atoms with van der Waals surface area (Å²) in [6, 6.07) is 7.21. The van der Waals surface area contributed by atoms with Crippen LogP contribution in [0, 0.1) is 0 Å². The lowest BCUT2D eigenvalue weighted by molar-refractivity contribution is 0.0953. The summed E-state index contributed by atoms with van der Waals surface area (Å²) in [5, 5.41) is 22.4. The van der Waals surface area contributed by atoms with E-state index in [2.05, 4.69) is 35.6 Å². The average Bonchev–Trinajstić information content (AvgIpc) is 3.34. The molecule has 3 heterocycles. The third-order valence-electron chi connectivity index (χ3n) is 4.06. The fourth-order valence-electron chi connectivity index (χ4n) is 2.92. The van der Waals surface area contributed by atoms with E-state index in [1.165, 1.54) is 11.0 Å². The largest absolute Gasteiger partial charge is 0.352 e. The third kappa shape index (κ3) is 2.64. The van der Waals surface area contributed by atoms with E-state index >= 15 is 0 Å². The van der Waals surface area contributed by atoms with Crippen LogP contribution in [0.4, 0.5) is 0 Å². The molecule has 0 bridgehead atoms. The van der Waals surface area contributed by atoms with Crippen molar-refractivity contribution in [2.75, 3.05) is 6.54 Å². The highest BCUT2D eigenvalue weighted by Gasteiger charge is 2.17.